The molecule has 0 bridgehead atoms. The van der Waals surface area contributed by atoms with E-state index in [4.69, 9.17) is 14.2 Å². The monoisotopic (exact) mass is 291 g/mol. The summed E-state index contributed by atoms with van der Waals surface area (Å²) in [7, 11) is 3.31. The van der Waals surface area contributed by atoms with Crippen LogP contribution >= 0.6 is 0 Å². The van der Waals surface area contributed by atoms with E-state index in [1.54, 1.807) is 14.2 Å². The van der Waals surface area contributed by atoms with Crippen LogP contribution < -0.4 is 19.5 Å². The quantitative estimate of drug-likeness (QED) is 0.530. The number of unbranched alkanes of at least 4 members (excludes halogenated alkanes) is 1. The predicted octanol–water partition coefficient (Wildman–Crippen LogP) is 3.30. The van der Waals surface area contributed by atoms with Gasteiger partial charge in [0.15, 0.2) is 11.5 Å². The van der Waals surface area contributed by atoms with Crippen molar-refractivity contribution in [3.63, 3.8) is 0 Å². The number of hydrogen-bond acceptors (Lipinski definition) is 4. The molecule has 0 atom stereocenters. The number of ether oxygens (including phenoxy) is 3. The smallest absolute Gasteiger partial charge is 0.203 e. The van der Waals surface area contributed by atoms with Gasteiger partial charge < -0.3 is 19.5 Å². The maximum atomic E-state index is 5.83. The molecule has 0 heterocycles. The molecule has 1 N–H and O–H groups in total. The van der Waals surface area contributed by atoms with Crippen molar-refractivity contribution in [3.05, 3.63) is 30.4 Å². The van der Waals surface area contributed by atoms with E-state index < -0.39 is 0 Å². The Balaban J connectivity index is 2.06. The van der Waals surface area contributed by atoms with E-state index in [0.29, 0.717) is 18.4 Å². The first kappa shape index (κ1) is 15.7. The van der Waals surface area contributed by atoms with Gasteiger partial charge in [0.25, 0.3) is 0 Å². The molecule has 1 aromatic rings. The second kappa shape index (κ2) is 7.93. The zero-order valence-corrected chi connectivity index (χ0v) is 13.0. The fourth-order valence-electron chi connectivity index (χ4n) is 2.13. The van der Waals surface area contributed by atoms with Crippen molar-refractivity contribution in [1.29, 1.82) is 0 Å². The van der Waals surface area contributed by atoms with Crippen LogP contribution in [0.25, 0.3) is 0 Å². The molecule has 0 saturated heterocycles. The number of rotatable bonds is 10. The van der Waals surface area contributed by atoms with E-state index in [-0.39, 0.29) is 0 Å². The van der Waals surface area contributed by atoms with Crippen LogP contribution in [0.5, 0.6) is 17.2 Å². The minimum atomic E-state index is 0.623. The van der Waals surface area contributed by atoms with Crippen LogP contribution in [-0.4, -0.2) is 26.9 Å². The third-order valence-corrected chi connectivity index (χ3v) is 3.49. The lowest BCUT2D eigenvalue weighted by Gasteiger charge is -2.16. The molecule has 21 heavy (non-hydrogen) atoms. The molecule has 0 unspecified atom stereocenters. The van der Waals surface area contributed by atoms with Gasteiger partial charge in [-0.3, -0.25) is 0 Å². The summed E-state index contributed by atoms with van der Waals surface area (Å²) in [6, 6.07) is 4.71. The van der Waals surface area contributed by atoms with Crippen molar-refractivity contribution < 1.29 is 14.2 Å². The molecular formula is C17H25NO3. The molecule has 0 radical (unpaired) electrons. The number of methoxy groups -OCH3 is 2. The summed E-state index contributed by atoms with van der Waals surface area (Å²) in [6.07, 6.45) is 6.32. The molecule has 1 fully saturated rings. The van der Waals surface area contributed by atoms with Crippen molar-refractivity contribution in [2.24, 2.45) is 0 Å². The van der Waals surface area contributed by atoms with Crippen molar-refractivity contribution in [1.82, 2.24) is 5.32 Å². The Labute approximate surface area is 127 Å². The largest absolute Gasteiger partial charge is 0.493 e. The topological polar surface area (TPSA) is 39.7 Å². The van der Waals surface area contributed by atoms with Crippen molar-refractivity contribution >= 4 is 0 Å². The number of allylic oxidation sites excluding steroid dienone is 1. The lowest BCUT2D eigenvalue weighted by molar-refractivity contribution is 0.271. The van der Waals surface area contributed by atoms with Gasteiger partial charge in [0.05, 0.1) is 20.8 Å². The van der Waals surface area contributed by atoms with E-state index in [2.05, 4.69) is 11.9 Å². The molecule has 0 aliphatic heterocycles. The molecular weight excluding hydrogens is 266 g/mol. The second-order valence-electron chi connectivity index (χ2n) is 5.26. The van der Waals surface area contributed by atoms with Gasteiger partial charge in [0.1, 0.15) is 0 Å². The molecule has 1 saturated carbocycles. The van der Waals surface area contributed by atoms with Gasteiger partial charge in [-0.15, -0.1) is 6.58 Å². The number of benzene rings is 1. The summed E-state index contributed by atoms with van der Waals surface area (Å²) in [5, 5.41) is 3.49. The molecule has 116 valence electrons. The normalized spacial score (nSPS) is 13.8. The van der Waals surface area contributed by atoms with Gasteiger partial charge in [-0.2, -0.15) is 0 Å². The fraction of sp³-hybridized carbons (Fsp3) is 0.529. The van der Waals surface area contributed by atoms with E-state index >= 15 is 0 Å². The van der Waals surface area contributed by atoms with Crippen molar-refractivity contribution in [3.8, 4) is 17.2 Å². The lowest BCUT2D eigenvalue weighted by atomic mass is 10.1. The standard InChI is InChI=1S/C17H25NO3/c1-4-5-6-9-21-17-15(19-2)10-13(11-16(17)20-3)12-18-14-7-8-14/h4,10-11,14,18H,1,5-9,12H2,2-3H3. The average Bonchev–Trinajstić information content (AvgIpc) is 3.33. The highest BCUT2D eigenvalue weighted by molar-refractivity contribution is 5.53. The molecule has 0 aromatic heterocycles. The van der Waals surface area contributed by atoms with Crippen LogP contribution in [0, 0.1) is 0 Å². The molecule has 0 spiro atoms. The Morgan fingerprint density at radius 1 is 1.24 bits per heavy atom. The Morgan fingerprint density at radius 2 is 1.90 bits per heavy atom. The first-order valence-corrected chi connectivity index (χ1v) is 7.50. The van der Waals surface area contributed by atoms with E-state index in [1.165, 1.54) is 12.8 Å². The van der Waals surface area contributed by atoms with Crippen molar-refractivity contribution in [2.45, 2.75) is 38.3 Å². The minimum absolute atomic E-state index is 0.623. The van der Waals surface area contributed by atoms with Gasteiger partial charge in [-0.1, -0.05) is 6.08 Å². The fourth-order valence-corrected chi connectivity index (χ4v) is 2.13. The number of hydrogen-bond donors (Lipinski definition) is 1. The maximum absolute atomic E-state index is 5.83. The van der Waals surface area contributed by atoms with Gasteiger partial charge >= 0.3 is 0 Å². The zero-order chi connectivity index (χ0) is 15.1. The van der Waals surface area contributed by atoms with Crippen LogP contribution in [0.2, 0.25) is 0 Å². The molecule has 1 aliphatic carbocycles. The van der Waals surface area contributed by atoms with E-state index in [1.807, 2.05) is 18.2 Å². The van der Waals surface area contributed by atoms with Crippen LogP contribution in [-0.2, 0) is 6.54 Å². The molecule has 1 aliphatic rings. The Hall–Kier alpha value is -1.68. The molecule has 4 nitrogen and oxygen atoms in total. The van der Waals surface area contributed by atoms with E-state index in [9.17, 15) is 0 Å². The first-order valence-electron chi connectivity index (χ1n) is 7.50. The summed E-state index contributed by atoms with van der Waals surface area (Å²) in [4.78, 5) is 0. The van der Waals surface area contributed by atoms with Crippen LogP contribution in [0.4, 0.5) is 0 Å². The average molecular weight is 291 g/mol. The lowest BCUT2D eigenvalue weighted by Crippen LogP contribution is -2.15. The first-order chi connectivity index (χ1) is 10.3. The van der Waals surface area contributed by atoms with Crippen LogP contribution in [0.1, 0.15) is 31.2 Å². The predicted molar refractivity (Wildman–Crippen MR) is 84.3 cm³/mol. The SMILES string of the molecule is C=CCCCOc1c(OC)cc(CNC2CC2)cc1OC. The second-order valence-corrected chi connectivity index (χ2v) is 5.26. The highest BCUT2D eigenvalue weighted by Gasteiger charge is 2.21. The minimum Gasteiger partial charge on any atom is -0.493 e. The summed E-state index contributed by atoms with van der Waals surface area (Å²) >= 11 is 0. The third-order valence-electron chi connectivity index (χ3n) is 3.49. The molecule has 1 aromatic carbocycles. The van der Waals surface area contributed by atoms with Gasteiger partial charge in [-0.25, -0.2) is 0 Å². The third kappa shape index (κ3) is 4.67. The van der Waals surface area contributed by atoms with Gasteiger partial charge in [-0.05, 0) is 43.4 Å². The maximum Gasteiger partial charge on any atom is 0.203 e. The summed E-state index contributed by atoms with van der Waals surface area (Å²) < 4.78 is 16.7. The zero-order valence-electron chi connectivity index (χ0n) is 13.0. The van der Waals surface area contributed by atoms with Crippen molar-refractivity contribution in [2.75, 3.05) is 20.8 Å². The summed E-state index contributed by atoms with van der Waals surface area (Å²) in [5.74, 6) is 2.13. The Bertz CT molecular complexity index is 444. The molecule has 0 amide bonds. The van der Waals surface area contributed by atoms with E-state index in [0.717, 1.165) is 36.4 Å². The summed E-state index contributed by atoms with van der Waals surface area (Å²) in [6.45, 7) is 5.16. The van der Waals surface area contributed by atoms with Crippen LogP contribution in [0.3, 0.4) is 0 Å². The van der Waals surface area contributed by atoms with Gasteiger partial charge in [0, 0.05) is 12.6 Å². The Kier molecular flexibility index (Phi) is 5.93. The van der Waals surface area contributed by atoms with Crippen LogP contribution in [0.15, 0.2) is 24.8 Å². The van der Waals surface area contributed by atoms with Gasteiger partial charge in [0.2, 0.25) is 5.75 Å². The Morgan fingerprint density at radius 3 is 2.43 bits per heavy atom. The highest BCUT2D eigenvalue weighted by atomic mass is 16.5. The molecule has 4 heteroatoms. The molecule has 2 rings (SSSR count). The highest BCUT2D eigenvalue weighted by Crippen LogP contribution is 2.38. The number of nitrogens with one attached hydrogen (secondary N) is 1. The summed E-state index contributed by atoms with van der Waals surface area (Å²) in [5.41, 5.74) is 1.15.